The Morgan fingerprint density at radius 2 is 1.77 bits per heavy atom. The lowest BCUT2D eigenvalue weighted by molar-refractivity contribution is 0.0419. The molecule has 0 saturated heterocycles. The van der Waals surface area contributed by atoms with E-state index < -0.39 is 0 Å². The van der Waals surface area contributed by atoms with E-state index in [-0.39, 0.29) is 6.04 Å². The van der Waals surface area contributed by atoms with E-state index in [0.717, 1.165) is 13.0 Å². The number of ether oxygens (including phenoxy) is 2. The third-order valence-electron chi connectivity index (χ3n) is 2.26. The molecule has 0 radical (unpaired) electrons. The highest BCUT2D eigenvalue weighted by Crippen LogP contribution is 2.04. The number of rotatable bonds is 8. The lowest BCUT2D eigenvalue weighted by atomic mass is 10.0. The van der Waals surface area contributed by atoms with Gasteiger partial charge in [0.15, 0.2) is 0 Å². The van der Waals surface area contributed by atoms with E-state index in [9.17, 15) is 0 Å². The third kappa shape index (κ3) is 6.99. The molecule has 0 fully saturated rings. The Bertz CT molecular complexity index is 109. The van der Waals surface area contributed by atoms with Gasteiger partial charge >= 0.3 is 0 Å². The topological polar surface area (TPSA) is 44.5 Å². The van der Waals surface area contributed by atoms with Crippen LogP contribution in [-0.2, 0) is 9.47 Å². The highest BCUT2D eigenvalue weighted by Gasteiger charge is 2.09. The minimum absolute atomic E-state index is 0.159. The van der Waals surface area contributed by atoms with Gasteiger partial charge in [0.2, 0.25) is 0 Å². The Kier molecular flexibility index (Phi) is 8.40. The predicted molar refractivity (Wildman–Crippen MR) is 54.7 cm³/mol. The van der Waals surface area contributed by atoms with Crippen LogP contribution in [0.2, 0.25) is 0 Å². The van der Waals surface area contributed by atoms with Crippen molar-refractivity contribution in [1.82, 2.24) is 0 Å². The van der Waals surface area contributed by atoms with Gasteiger partial charge < -0.3 is 15.2 Å². The summed E-state index contributed by atoms with van der Waals surface area (Å²) in [5.74, 6) is 0.534. The van der Waals surface area contributed by atoms with Crippen LogP contribution in [-0.4, -0.2) is 32.5 Å². The smallest absolute Gasteiger partial charge is 0.0701 e. The van der Waals surface area contributed by atoms with Crippen molar-refractivity contribution < 1.29 is 9.47 Å². The normalized spacial score (nSPS) is 15.7. The molecular weight excluding hydrogens is 166 g/mol. The van der Waals surface area contributed by atoms with Crippen LogP contribution in [0.4, 0.5) is 0 Å². The van der Waals surface area contributed by atoms with Gasteiger partial charge in [-0.25, -0.2) is 0 Å². The fourth-order valence-electron chi connectivity index (χ4n) is 0.949. The van der Waals surface area contributed by atoms with E-state index in [1.165, 1.54) is 0 Å². The molecule has 13 heavy (non-hydrogen) atoms. The molecule has 3 nitrogen and oxygen atoms in total. The highest BCUT2D eigenvalue weighted by molar-refractivity contribution is 4.66. The molecule has 0 aliphatic heterocycles. The second kappa shape index (κ2) is 8.48. The first kappa shape index (κ1) is 12.9. The SMILES string of the molecule is CCOCCOCC(N)C(C)CC. The van der Waals surface area contributed by atoms with E-state index in [2.05, 4.69) is 13.8 Å². The summed E-state index contributed by atoms with van der Waals surface area (Å²) < 4.78 is 10.5. The van der Waals surface area contributed by atoms with Crippen molar-refractivity contribution in [3.05, 3.63) is 0 Å². The quantitative estimate of drug-likeness (QED) is 0.587. The van der Waals surface area contributed by atoms with Gasteiger partial charge in [-0.2, -0.15) is 0 Å². The van der Waals surface area contributed by atoms with Crippen LogP contribution in [0.1, 0.15) is 27.2 Å². The van der Waals surface area contributed by atoms with Crippen LogP contribution in [0.5, 0.6) is 0 Å². The average molecular weight is 189 g/mol. The van der Waals surface area contributed by atoms with Gasteiger partial charge in [-0.1, -0.05) is 20.3 Å². The van der Waals surface area contributed by atoms with Crippen LogP contribution < -0.4 is 5.73 Å². The molecule has 2 N–H and O–H groups in total. The van der Waals surface area contributed by atoms with E-state index >= 15 is 0 Å². The van der Waals surface area contributed by atoms with Gasteiger partial charge in [0.1, 0.15) is 0 Å². The number of hydrogen-bond acceptors (Lipinski definition) is 3. The van der Waals surface area contributed by atoms with Crippen molar-refractivity contribution >= 4 is 0 Å². The lowest BCUT2D eigenvalue weighted by Crippen LogP contribution is -2.33. The maximum absolute atomic E-state index is 5.88. The summed E-state index contributed by atoms with van der Waals surface area (Å²) in [6.07, 6.45) is 1.11. The third-order valence-corrected chi connectivity index (χ3v) is 2.26. The van der Waals surface area contributed by atoms with Crippen molar-refractivity contribution in [3.8, 4) is 0 Å². The molecule has 2 atom stereocenters. The molecule has 80 valence electrons. The molecule has 0 spiro atoms. The minimum Gasteiger partial charge on any atom is -0.379 e. The monoisotopic (exact) mass is 189 g/mol. The van der Waals surface area contributed by atoms with E-state index in [0.29, 0.717) is 25.7 Å². The first-order valence-electron chi connectivity index (χ1n) is 5.13. The van der Waals surface area contributed by atoms with Crippen LogP contribution in [0, 0.1) is 5.92 Å². The molecule has 3 heteroatoms. The molecule has 0 aromatic rings. The van der Waals surface area contributed by atoms with Gasteiger partial charge in [-0.3, -0.25) is 0 Å². The summed E-state index contributed by atoms with van der Waals surface area (Å²) in [6.45, 7) is 8.98. The first-order valence-corrected chi connectivity index (χ1v) is 5.13. The second-order valence-corrected chi connectivity index (χ2v) is 3.32. The molecule has 0 saturated carbocycles. The summed E-state index contributed by atoms with van der Waals surface area (Å²) >= 11 is 0. The fourth-order valence-corrected chi connectivity index (χ4v) is 0.949. The largest absolute Gasteiger partial charge is 0.379 e. The standard InChI is InChI=1S/C10H23NO2/c1-4-9(3)10(11)8-13-7-6-12-5-2/h9-10H,4-8,11H2,1-3H3. The molecule has 0 heterocycles. The molecule has 0 aliphatic carbocycles. The Morgan fingerprint density at radius 3 is 2.31 bits per heavy atom. The van der Waals surface area contributed by atoms with Crippen LogP contribution in [0.3, 0.4) is 0 Å². The van der Waals surface area contributed by atoms with Gasteiger partial charge in [-0.15, -0.1) is 0 Å². The Labute approximate surface area is 81.6 Å². The Morgan fingerprint density at radius 1 is 1.15 bits per heavy atom. The van der Waals surface area contributed by atoms with E-state index in [1.54, 1.807) is 0 Å². The van der Waals surface area contributed by atoms with Crippen molar-refractivity contribution in [3.63, 3.8) is 0 Å². The molecule has 0 aromatic heterocycles. The maximum atomic E-state index is 5.88. The fraction of sp³-hybridized carbons (Fsp3) is 1.00. The zero-order valence-corrected chi connectivity index (χ0v) is 9.08. The van der Waals surface area contributed by atoms with E-state index in [4.69, 9.17) is 15.2 Å². The number of nitrogens with two attached hydrogens (primary N) is 1. The predicted octanol–water partition coefficient (Wildman–Crippen LogP) is 1.41. The summed E-state index contributed by atoms with van der Waals surface area (Å²) in [5.41, 5.74) is 5.88. The maximum Gasteiger partial charge on any atom is 0.0701 e. The van der Waals surface area contributed by atoms with Crippen molar-refractivity contribution in [1.29, 1.82) is 0 Å². The summed E-state index contributed by atoms with van der Waals surface area (Å²) in [5, 5.41) is 0. The molecule has 0 aromatic carbocycles. The van der Waals surface area contributed by atoms with Gasteiger partial charge in [0.25, 0.3) is 0 Å². The summed E-state index contributed by atoms with van der Waals surface area (Å²) in [6, 6.07) is 0.159. The highest BCUT2D eigenvalue weighted by atomic mass is 16.5. The zero-order chi connectivity index (χ0) is 10.1. The molecule has 2 unspecified atom stereocenters. The second-order valence-electron chi connectivity index (χ2n) is 3.32. The van der Waals surface area contributed by atoms with Crippen LogP contribution in [0.25, 0.3) is 0 Å². The van der Waals surface area contributed by atoms with Gasteiger partial charge in [0, 0.05) is 12.6 Å². The van der Waals surface area contributed by atoms with Crippen molar-refractivity contribution in [2.24, 2.45) is 11.7 Å². The number of hydrogen-bond donors (Lipinski definition) is 1. The Hall–Kier alpha value is -0.120. The lowest BCUT2D eigenvalue weighted by Gasteiger charge is -2.17. The van der Waals surface area contributed by atoms with Crippen LogP contribution in [0.15, 0.2) is 0 Å². The summed E-state index contributed by atoms with van der Waals surface area (Å²) in [4.78, 5) is 0. The average Bonchev–Trinajstić information content (AvgIpc) is 2.16. The zero-order valence-electron chi connectivity index (χ0n) is 9.08. The van der Waals surface area contributed by atoms with Crippen molar-refractivity contribution in [2.45, 2.75) is 33.2 Å². The van der Waals surface area contributed by atoms with Crippen LogP contribution >= 0.6 is 0 Å². The molecule has 0 aliphatic rings. The van der Waals surface area contributed by atoms with Gasteiger partial charge in [-0.05, 0) is 12.8 Å². The van der Waals surface area contributed by atoms with Crippen molar-refractivity contribution in [2.75, 3.05) is 26.4 Å². The Balaban J connectivity index is 3.21. The molecule has 0 amide bonds. The van der Waals surface area contributed by atoms with E-state index in [1.807, 2.05) is 6.92 Å². The summed E-state index contributed by atoms with van der Waals surface area (Å²) in [7, 11) is 0. The molecule has 0 rings (SSSR count). The molecular formula is C10H23NO2. The first-order chi connectivity index (χ1) is 6.22. The molecule has 0 bridgehead atoms. The van der Waals surface area contributed by atoms with Gasteiger partial charge in [0.05, 0.1) is 19.8 Å². The minimum atomic E-state index is 0.159.